The van der Waals surface area contributed by atoms with Crippen molar-refractivity contribution in [1.82, 2.24) is 4.90 Å². The van der Waals surface area contributed by atoms with Crippen LogP contribution in [0.2, 0.25) is 25.7 Å². The lowest BCUT2D eigenvalue weighted by atomic mass is 10.1. The first-order valence-electron chi connectivity index (χ1n) is 6.59. The summed E-state index contributed by atoms with van der Waals surface area (Å²) in [5.74, 6) is 0. The van der Waals surface area contributed by atoms with E-state index in [4.69, 9.17) is 4.74 Å². The molecule has 6 heteroatoms. The number of carbonyl (C=O) groups excluding carboxylic acids is 1. The minimum Gasteiger partial charge on any atom is -0.450 e. The molecule has 1 amide bonds. The van der Waals surface area contributed by atoms with Crippen molar-refractivity contribution in [2.45, 2.75) is 32.1 Å². The van der Waals surface area contributed by atoms with Gasteiger partial charge in [-0.05, 0) is 18.0 Å². The lowest BCUT2D eigenvalue weighted by molar-refractivity contribution is 0.110. The molecule has 0 aromatic heterocycles. The van der Waals surface area contributed by atoms with Crippen LogP contribution in [-0.2, 0) is 9.57 Å². The minimum absolute atomic E-state index is 0.227. The average molecular weight is 284 g/mol. The molecule has 5 nitrogen and oxygen atoms in total. The van der Waals surface area contributed by atoms with Crippen molar-refractivity contribution in [2.75, 3.05) is 26.8 Å². The first kappa shape index (κ1) is 15.8. The van der Waals surface area contributed by atoms with Crippen molar-refractivity contribution in [3.05, 3.63) is 11.6 Å². The summed E-state index contributed by atoms with van der Waals surface area (Å²) in [6, 6.07) is 1.00. The number of nitrogens with zero attached hydrogens (tertiary/aromatic N) is 2. The molecule has 19 heavy (non-hydrogen) atoms. The zero-order valence-electron chi connectivity index (χ0n) is 12.3. The van der Waals surface area contributed by atoms with E-state index in [0.29, 0.717) is 19.7 Å². The number of oxime groups is 1. The molecule has 0 aromatic rings. The van der Waals surface area contributed by atoms with E-state index in [-0.39, 0.29) is 6.09 Å². The Morgan fingerprint density at radius 1 is 1.53 bits per heavy atom. The zero-order chi connectivity index (χ0) is 14.3. The normalized spacial score (nSPS) is 16.4. The summed E-state index contributed by atoms with van der Waals surface area (Å²) in [4.78, 5) is 18.3. The van der Waals surface area contributed by atoms with Crippen molar-refractivity contribution >= 4 is 20.4 Å². The van der Waals surface area contributed by atoms with E-state index in [9.17, 15) is 4.79 Å². The number of ether oxygens (including phenoxy) is 1. The van der Waals surface area contributed by atoms with Crippen LogP contribution in [0.5, 0.6) is 0 Å². The smallest absolute Gasteiger partial charge is 0.410 e. The van der Waals surface area contributed by atoms with Crippen molar-refractivity contribution < 1.29 is 14.4 Å². The van der Waals surface area contributed by atoms with E-state index in [1.807, 2.05) is 0 Å². The highest BCUT2D eigenvalue weighted by Crippen LogP contribution is 2.12. The summed E-state index contributed by atoms with van der Waals surface area (Å²) < 4.78 is 5.33. The van der Waals surface area contributed by atoms with Gasteiger partial charge in [-0.25, -0.2) is 4.79 Å². The Labute approximate surface area is 116 Å². The predicted molar refractivity (Wildman–Crippen MR) is 79.3 cm³/mol. The molecule has 0 unspecified atom stereocenters. The molecule has 0 radical (unpaired) electrons. The van der Waals surface area contributed by atoms with Crippen LogP contribution in [0.25, 0.3) is 0 Å². The number of hydrogen-bond acceptors (Lipinski definition) is 4. The van der Waals surface area contributed by atoms with E-state index in [1.54, 1.807) is 11.1 Å². The molecule has 0 aliphatic carbocycles. The lowest BCUT2D eigenvalue weighted by Gasteiger charge is -2.26. The zero-order valence-corrected chi connectivity index (χ0v) is 13.3. The maximum atomic E-state index is 11.9. The number of hydrogen-bond donors (Lipinski definition) is 0. The third-order valence-corrected chi connectivity index (χ3v) is 4.54. The Hall–Kier alpha value is -1.30. The lowest BCUT2D eigenvalue weighted by Crippen LogP contribution is -2.37. The van der Waals surface area contributed by atoms with Gasteiger partial charge in [0.15, 0.2) is 0 Å². The highest BCUT2D eigenvalue weighted by atomic mass is 28.3. The molecule has 0 atom stereocenters. The van der Waals surface area contributed by atoms with Crippen LogP contribution >= 0.6 is 0 Å². The van der Waals surface area contributed by atoms with Crippen molar-refractivity contribution in [2.24, 2.45) is 5.16 Å². The third kappa shape index (κ3) is 6.42. The Bertz CT molecular complexity index is 361. The molecule has 1 aliphatic rings. The fourth-order valence-electron chi connectivity index (χ4n) is 1.68. The molecule has 0 fully saturated rings. The van der Waals surface area contributed by atoms with Gasteiger partial charge >= 0.3 is 6.09 Å². The number of carbonyl (C=O) groups is 1. The van der Waals surface area contributed by atoms with Crippen molar-refractivity contribution in [3.63, 3.8) is 0 Å². The van der Waals surface area contributed by atoms with Gasteiger partial charge in [0.25, 0.3) is 0 Å². The first-order valence-corrected chi connectivity index (χ1v) is 10.3. The second-order valence-electron chi connectivity index (χ2n) is 5.83. The fourth-order valence-corrected chi connectivity index (χ4v) is 2.39. The van der Waals surface area contributed by atoms with Gasteiger partial charge in [0.1, 0.15) is 7.11 Å². The molecule has 0 saturated heterocycles. The number of amides is 1. The molecule has 0 aromatic carbocycles. The Balaban J connectivity index is 2.38. The summed E-state index contributed by atoms with van der Waals surface area (Å²) in [6.07, 6.45) is 4.30. The molecule has 0 saturated carbocycles. The van der Waals surface area contributed by atoms with Gasteiger partial charge in [0, 0.05) is 14.6 Å². The first-order chi connectivity index (χ1) is 8.92. The van der Waals surface area contributed by atoms with Crippen LogP contribution < -0.4 is 0 Å². The summed E-state index contributed by atoms with van der Waals surface area (Å²) in [5, 5.41) is 3.72. The summed E-state index contributed by atoms with van der Waals surface area (Å²) in [5.41, 5.74) is 0.982. The molecule has 0 bridgehead atoms. The second kappa shape index (κ2) is 7.33. The van der Waals surface area contributed by atoms with Gasteiger partial charge in [-0.15, -0.1) is 0 Å². The largest absolute Gasteiger partial charge is 0.450 e. The van der Waals surface area contributed by atoms with Gasteiger partial charge in [-0.2, -0.15) is 0 Å². The Morgan fingerprint density at radius 3 is 2.89 bits per heavy atom. The van der Waals surface area contributed by atoms with Crippen molar-refractivity contribution in [1.29, 1.82) is 0 Å². The van der Waals surface area contributed by atoms with Crippen molar-refractivity contribution in [3.8, 4) is 0 Å². The van der Waals surface area contributed by atoms with Gasteiger partial charge in [-0.3, -0.25) is 0 Å². The molecule has 0 N–H and O–H groups in total. The molecular formula is C13H24N2O3Si. The number of rotatable bonds is 5. The van der Waals surface area contributed by atoms with E-state index in [1.165, 1.54) is 7.11 Å². The highest BCUT2D eigenvalue weighted by molar-refractivity contribution is 6.76. The van der Waals surface area contributed by atoms with E-state index < -0.39 is 8.07 Å². The van der Waals surface area contributed by atoms with E-state index >= 15 is 0 Å². The SMILES string of the molecule is CO/N=C/C1=CCCN(C(=O)OCC[Si](C)(C)C)C1. The van der Waals surface area contributed by atoms with Gasteiger partial charge < -0.3 is 14.5 Å². The van der Waals surface area contributed by atoms with Gasteiger partial charge in [0.2, 0.25) is 0 Å². The molecule has 0 spiro atoms. The van der Waals surface area contributed by atoms with Gasteiger partial charge in [-0.1, -0.05) is 30.9 Å². The summed E-state index contributed by atoms with van der Waals surface area (Å²) in [7, 11) is 0.353. The fraction of sp³-hybridized carbons (Fsp3) is 0.692. The minimum atomic E-state index is -1.15. The van der Waals surface area contributed by atoms with Crippen LogP contribution in [0.4, 0.5) is 4.79 Å². The van der Waals surface area contributed by atoms with Gasteiger partial charge in [0.05, 0.1) is 19.4 Å². The second-order valence-corrected chi connectivity index (χ2v) is 11.5. The van der Waals surface area contributed by atoms with E-state index in [0.717, 1.165) is 18.0 Å². The summed E-state index contributed by atoms with van der Waals surface area (Å²) >= 11 is 0. The topological polar surface area (TPSA) is 51.1 Å². The molecule has 1 rings (SSSR count). The standard InChI is InChI=1S/C13H24N2O3Si/c1-17-14-10-12-6-5-7-15(11-12)13(16)18-8-9-19(2,3)4/h6,10H,5,7-9,11H2,1-4H3/b14-10+. The Morgan fingerprint density at radius 2 is 2.26 bits per heavy atom. The van der Waals surface area contributed by atoms with Crippen LogP contribution in [0.15, 0.2) is 16.8 Å². The predicted octanol–water partition coefficient (Wildman–Crippen LogP) is 2.73. The summed E-state index contributed by atoms with van der Waals surface area (Å²) in [6.45, 7) is 8.57. The maximum Gasteiger partial charge on any atom is 0.410 e. The molecule has 108 valence electrons. The van der Waals surface area contributed by atoms with Crippen LogP contribution in [0.3, 0.4) is 0 Å². The van der Waals surface area contributed by atoms with Crippen LogP contribution in [0.1, 0.15) is 6.42 Å². The monoisotopic (exact) mass is 284 g/mol. The quantitative estimate of drug-likeness (QED) is 0.443. The highest BCUT2D eigenvalue weighted by Gasteiger charge is 2.20. The van der Waals surface area contributed by atoms with E-state index in [2.05, 4.69) is 35.7 Å². The Kier molecular flexibility index (Phi) is 6.07. The molecule has 1 heterocycles. The molecule has 1 aliphatic heterocycles. The third-order valence-electron chi connectivity index (χ3n) is 2.84. The van der Waals surface area contributed by atoms with Crippen LogP contribution in [-0.4, -0.2) is 52.1 Å². The average Bonchev–Trinajstić information content (AvgIpc) is 2.35. The molecular weight excluding hydrogens is 260 g/mol. The van der Waals surface area contributed by atoms with Crippen LogP contribution in [0, 0.1) is 0 Å². The maximum absolute atomic E-state index is 11.9.